The van der Waals surface area contributed by atoms with E-state index in [4.69, 9.17) is 6.57 Å². The van der Waals surface area contributed by atoms with Gasteiger partial charge in [-0.1, -0.05) is 146 Å². The van der Waals surface area contributed by atoms with Gasteiger partial charge < -0.3 is 19.1 Å². The number of hydrogen-bond donors (Lipinski definition) is 2. The highest BCUT2D eigenvalue weighted by atomic mass is 15.0. The summed E-state index contributed by atoms with van der Waals surface area (Å²) in [6.07, 6.45) is 0. The van der Waals surface area contributed by atoms with E-state index in [-0.39, 0.29) is 0 Å². The predicted molar refractivity (Wildman–Crippen MR) is 258 cm³/mol. The van der Waals surface area contributed by atoms with Gasteiger partial charge in [-0.05, 0) is 60.7 Å². The molecule has 0 atom stereocenters. The lowest BCUT2D eigenvalue weighted by atomic mass is 10.1. The van der Waals surface area contributed by atoms with Gasteiger partial charge >= 0.3 is 0 Å². The van der Waals surface area contributed by atoms with Gasteiger partial charge in [-0.15, -0.1) is 0 Å². The van der Waals surface area contributed by atoms with E-state index < -0.39 is 0 Å². The molecular formula is C56H36N6. The molecule has 0 bridgehead atoms. The van der Waals surface area contributed by atoms with Crippen molar-refractivity contribution in [3.63, 3.8) is 0 Å². The van der Waals surface area contributed by atoms with Gasteiger partial charge in [0.25, 0.3) is 0 Å². The number of aromatic nitrogens is 4. The fourth-order valence-electron chi connectivity index (χ4n) is 9.09. The standard InChI is InChI=1S/C32H18N4.2C12H9N/c1-34-32-30(35-26-14-6-2-10-22(26)23-11-3-7-15-27(23)35)18-21(20-33)19-31(32)36-28-16-8-4-12-24(28)25-13-5-9-17-29(25)36;2*1-3-7-11-9(5-1)10-6-2-4-8-12(10)13-11/h2-19H;2*1-8,13H. The summed E-state index contributed by atoms with van der Waals surface area (Å²) in [5, 5.41) is 19.7. The van der Waals surface area contributed by atoms with Crippen molar-refractivity contribution in [1.29, 1.82) is 5.26 Å². The lowest BCUT2D eigenvalue weighted by molar-refractivity contribution is 1.14. The summed E-state index contributed by atoms with van der Waals surface area (Å²) in [5.74, 6) is 0. The number of nitrogens with one attached hydrogen (secondary N) is 2. The molecule has 2 N–H and O–H groups in total. The first-order valence-electron chi connectivity index (χ1n) is 20.5. The summed E-state index contributed by atoms with van der Waals surface area (Å²) in [4.78, 5) is 10.8. The number of rotatable bonds is 2. The highest BCUT2D eigenvalue weighted by Crippen LogP contribution is 2.42. The van der Waals surface area contributed by atoms with E-state index in [0.29, 0.717) is 22.6 Å². The minimum Gasteiger partial charge on any atom is -0.355 e. The SMILES string of the molecule is [C-]#[N+]c1c(-n2c3ccccc3c3ccccc32)cc(C#N)cc1-n1c2ccccc2c2ccccc21.c1ccc2c(c1)[nH]c1ccccc12.c1ccc2c(c1)[nH]c1ccccc12. The third-order valence-electron chi connectivity index (χ3n) is 11.8. The zero-order valence-electron chi connectivity index (χ0n) is 33.4. The largest absolute Gasteiger partial charge is 0.355 e. The van der Waals surface area contributed by atoms with Gasteiger partial charge in [0.1, 0.15) is 0 Å². The molecule has 0 fully saturated rings. The van der Waals surface area contributed by atoms with Crippen molar-refractivity contribution in [2.75, 3.05) is 0 Å². The summed E-state index contributed by atoms with van der Waals surface area (Å²) in [7, 11) is 0. The van der Waals surface area contributed by atoms with Gasteiger partial charge in [-0.2, -0.15) is 5.26 Å². The molecule has 0 radical (unpaired) electrons. The third kappa shape index (κ3) is 5.94. The minimum atomic E-state index is 0.506. The first-order valence-corrected chi connectivity index (χ1v) is 20.5. The van der Waals surface area contributed by atoms with Crippen LogP contribution in [0.5, 0.6) is 0 Å². The summed E-state index contributed by atoms with van der Waals surface area (Å²) >= 11 is 0. The average molecular weight is 793 g/mol. The molecule has 6 nitrogen and oxygen atoms in total. The van der Waals surface area contributed by atoms with Gasteiger partial charge in [0, 0.05) is 65.2 Å². The summed E-state index contributed by atoms with van der Waals surface area (Å²) in [6.45, 7) is 8.31. The Bertz CT molecular complexity index is 3470. The molecule has 290 valence electrons. The number of fused-ring (bicyclic) bond motifs is 12. The van der Waals surface area contributed by atoms with E-state index in [0.717, 1.165) is 43.6 Å². The predicted octanol–water partition coefficient (Wildman–Crippen LogP) is 14.9. The molecular weight excluding hydrogens is 757 g/mol. The maximum Gasteiger partial charge on any atom is 0.234 e. The quantitative estimate of drug-likeness (QED) is 0.168. The molecule has 0 saturated heterocycles. The average Bonchev–Trinajstić information content (AvgIpc) is 4.09. The van der Waals surface area contributed by atoms with Gasteiger partial charge in [-0.25, -0.2) is 4.85 Å². The van der Waals surface area contributed by atoms with Crippen LogP contribution in [0.25, 0.3) is 103 Å². The van der Waals surface area contributed by atoms with Gasteiger partial charge in [0.15, 0.2) is 0 Å². The molecule has 6 heteroatoms. The zero-order valence-corrected chi connectivity index (χ0v) is 33.4. The smallest absolute Gasteiger partial charge is 0.234 e. The Hall–Kier alpha value is -8.84. The highest BCUT2D eigenvalue weighted by Gasteiger charge is 2.22. The Balaban J connectivity index is 0.000000134. The van der Waals surface area contributed by atoms with Gasteiger partial charge in [-0.3, -0.25) is 0 Å². The Kier molecular flexibility index (Phi) is 8.82. The van der Waals surface area contributed by atoms with Crippen molar-refractivity contribution < 1.29 is 0 Å². The van der Waals surface area contributed by atoms with Gasteiger partial charge in [0.05, 0.1) is 51.6 Å². The Labute approximate surface area is 356 Å². The van der Waals surface area contributed by atoms with Crippen molar-refractivity contribution in [1.82, 2.24) is 19.1 Å². The zero-order chi connectivity index (χ0) is 41.6. The second-order valence-corrected chi connectivity index (χ2v) is 15.3. The number of nitriles is 1. The van der Waals surface area contributed by atoms with E-state index in [1.54, 1.807) is 0 Å². The summed E-state index contributed by atoms with van der Waals surface area (Å²) in [6, 6.07) is 72.4. The van der Waals surface area contributed by atoms with Crippen molar-refractivity contribution in [3.05, 3.63) is 223 Å². The van der Waals surface area contributed by atoms with Crippen molar-refractivity contribution >= 4 is 92.9 Å². The fraction of sp³-hybridized carbons (Fsp3) is 0. The van der Waals surface area contributed by atoms with Crippen LogP contribution in [0.2, 0.25) is 0 Å². The first kappa shape index (κ1) is 36.3. The molecule has 0 aliphatic heterocycles. The van der Waals surface area contributed by atoms with Crippen LogP contribution < -0.4 is 0 Å². The van der Waals surface area contributed by atoms with Crippen molar-refractivity contribution in [3.8, 4) is 17.4 Å². The number of hydrogen-bond acceptors (Lipinski definition) is 1. The number of benzene rings is 9. The molecule has 4 heterocycles. The minimum absolute atomic E-state index is 0.506. The lowest BCUT2D eigenvalue weighted by Crippen LogP contribution is -2.01. The van der Waals surface area contributed by atoms with Crippen LogP contribution in [0.1, 0.15) is 5.56 Å². The number of nitrogens with zero attached hydrogens (tertiary/aromatic N) is 4. The van der Waals surface area contributed by atoms with Crippen molar-refractivity contribution in [2.45, 2.75) is 0 Å². The fourth-order valence-corrected chi connectivity index (χ4v) is 9.09. The van der Waals surface area contributed by atoms with Crippen LogP contribution >= 0.6 is 0 Å². The molecule has 0 unspecified atom stereocenters. The Morgan fingerprint density at radius 2 is 0.629 bits per heavy atom. The molecule has 0 spiro atoms. The summed E-state index contributed by atoms with van der Waals surface area (Å²) < 4.78 is 4.24. The van der Waals surface area contributed by atoms with Crippen molar-refractivity contribution in [2.24, 2.45) is 0 Å². The van der Waals surface area contributed by atoms with Crippen LogP contribution in [0.15, 0.2) is 206 Å². The molecule has 13 aromatic rings. The lowest BCUT2D eigenvalue weighted by Gasteiger charge is -2.16. The van der Waals surface area contributed by atoms with E-state index in [1.165, 1.54) is 43.6 Å². The maximum absolute atomic E-state index is 10.1. The molecule has 0 aliphatic carbocycles. The van der Waals surface area contributed by atoms with E-state index in [2.05, 4.69) is 176 Å². The van der Waals surface area contributed by atoms with Crippen LogP contribution in [-0.2, 0) is 0 Å². The third-order valence-corrected chi connectivity index (χ3v) is 11.8. The van der Waals surface area contributed by atoms with Crippen LogP contribution in [-0.4, -0.2) is 19.1 Å². The Morgan fingerprint density at radius 3 is 0.903 bits per heavy atom. The first-order chi connectivity index (χ1) is 30.7. The highest BCUT2D eigenvalue weighted by molar-refractivity contribution is 6.12. The second kappa shape index (κ2) is 15.1. The maximum atomic E-state index is 10.1. The Morgan fingerprint density at radius 1 is 0.371 bits per heavy atom. The summed E-state index contributed by atoms with van der Waals surface area (Å²) in [5.41, 5.74) is 11.3. The molecule has 0 amide bonds. The number of aromatic amines is 2. The molecule has 9 aromatic carbocycles. The normalized spacial score (nSPS) is 11.2. The van der Waals surface area contributed by atoms with Crippen LogP contribution in [0, 0.1) is 17.9 Å². The van der Waals surface area contributed by atoms with E-state index >= 15 is 0 Å². The topological polar surface area (TPSA) is 69.6 Å². The second-order valence-electron chi connectivity index (χ2n) is 15.3. The van der Waals surface area contributed by atoms with E-state index in [9.17, 15) is 5.26 Å². The van der Waals surface area contributed by atoms with Crippen LogP contribution in [0.3, 0.4) is 0 Å². The molecule has 4 aromatic heterocycles. The number of H-pyrrole nitrogens is 2. The molecule has 62 heavy (non-hydrogen) atoms. The molecule has 0 aliphatic rings. The van der Waals surface area contributed by atoms with Gasteiger partial charge in [0.2, 0.25) is 5.69 Å². The number of para-hydroxylation sites is 8. The molecule has 0 saturated carbocycles. The monoisotopic (exact) mass is 792 g/mol. The molecule has 13 rings (SSSR count). The van der Waals surface area contributed by atoms with E-state index in [1.807, 2.05) is 60.7 Å². The van der Waals surface area contributed by atoms with Crippen LogP contribution in [0.4, 0.5) is 5.69 Å².